The van der Waals surface area contributed by atoms with E-state index in [0.29, 0.717) is 6.04 Å². The number of benzene rings is 3. The van der Waals surface area contributed by atoms with Gasteiger partial charge in [-0.2, -0.15) is 0 Å². The summed E-state index contributed by atoms with van der Waals surface area (Å²) in [4.78, 5) is 19.8. The van der Waals surface area contributed by atoms with Crippen LogP contribution >= 0.6 is 0 Å². The number of carbonyl (C=O) groups excluding carboxylic acids is 1. The molecule has 1 aliphatic heterocycles. The number of rotatable bonds is 4. The van der Waals surface area contributed by atoms with Gasteiger partial charge in [-0.25, -0.2) is 4.98 Å². The molecule has 1 aliphatic rings. The SMILES string of the molecule is O=C(c1ccccc1)N1CCC(n2c(Cc3ccccc3)nc3ccccc32)CC1. The van der Waals surface area contributed by atoms with Gasteiger partial charge in [-0.3, -0.25) is 4.79 Å². The minimum absolute atomic E-state index is 0.133. The molecular formula is C26H25N3O. The summed E-state index contributed by atoms with van der Waals surface area (Å²) >= 11 is 0. The molecule has 0 radical (unpaired) electrons. The number of para-hydroxylation sites is 2. The Bertz CT molecular complexity index is 1140. The standard InChI is InChI=1S/C26H25N3O/c30-26(21-11-5-2-6-12-21)28-17-15-22(16-18-28)29-24-14-8-7-13-23(24)27-25(29)19-20-9-3-1-4-10-20/h1-14,22H,15-19H2. The number of hydrogen-bond acceptors (Lipinski definition) is 2. The lowest BCUT2D eigenvalue weighted by atomic mass is 10.0. The van der Waals surface area contributed by atoms with E-state index >= 15 is 0 Å². The van der Waals surface area contributed by atoms with Crippen molar-refractivity contribution in [3.05, 3.63) is 102 Å². The Morgan fingerprint density at radius 2 is 1.47 bits per heavy atom. The molecule has 4 aromatic rings. The van der Waals surface area contributed by atoms with Gasteiger partial charge in [0.15, 0.2) is 0 Å². The maximum absolute atomic E-state index is 12.8. The molecule has 1 aromatic heterocycles. The summed E-state index contributed by atoms with van der Waals surface area (Å²) < 4.78 is 2.42. The molecule has 30 heavy (non-hydrogen) atoms. The molecule has 1 amide bonds. The van der Waals surface area contributed by atoms with Crippen molar-refractivity contribution in [3.8, 4) is 0 Å². The molecule has 0 spiro atoms. The molecule has 0 N–H and O–H groups in total. The molecule has 0 atom stereocenters. The number of nitrogens with zero attached hydrogens (tertiary/aromatic N) is 3. The van der Waals surface area contributed by atoms with Crippen molar-refractivity contribution in [2.75, 3.05) is 13.1 Å². The van der Waals surface area contributed by atoms with Crippen LogP contribution in [0.15, 0.2) is 84.9 Å². The first-order valence-electron chi connectivity index (χ1n) is 10.6. The highest BCUT2D eigenvalue weighted by atomic mass is 16.2. The van der Waals surface area contributed by atoms with Crippen molar-refractivity contribution in [1.82, 2.24) is 14.5 Å². The van der Waals surface area contributed by atoms with E-state index in [-0.39, 0.29) is 5.91 Å². The van der Waals surface area contributed by atoms with Crippen LogP contribution in [0.2, 0.25) is 0 Å². The number of amides is 1. The topological polar surface area (TPSA) is 38.1 Å². The Kier molecular flexibility index (Phi) is 5.06. The fourth-order valence-corrected chi connectivity index (χ4v) is 4.50. The maximum Gasteiger partial charge on any atom is 0.253 e. The third-order valence-corrected chi connectivity index (χ3v) is 6.01. The minimum atomic E-state index is 0.133. The van der Waals surface area contributed by atoms with Crippen LogP contribution in [-0.2, 0) is 6.42 Å². The van der Waals surface area contributed by atoms with E-state index in [4.69, 9.17) is 4.98 Å². The van der Waals surface area contributed by atoms with Crippen molar-refractivity contribution >= 4 is 16.9 Å². The molecular weight excluding hydrogens is 370 g/mol. The van der Waals surface area contributed by atoms with Gasteiger partial charge in [0, 0.05) is 31.1 Å². The van der Waals surface area contributed by atoms with E-state index in [1.165, 1.54) is 11.1 Å². The predicted octanol–water partition coefficient (Wildman–Crippen LogP) is 5.10. The number of likely N-dealkylation sites (tertiary alicyclic amines) is 1. The first-order valence-corrected chi connectivity index (χ1v) is 10.6. The Morgan fingerprint density at radius 1 is 0.833 bits per heavy atom. The number of hydrogen-bond donors (Lipinski definition) is 0. The van der Waals surface area contributed by atoms with E-state index in [2.05, 4.69) is 47.0 Å². The maximum atomic E-state index is 12.8. The molecule has 150 valence electrons. The van der Waals surface area contributed by atoms with Crippen molar-refractivity contribution in [3.63, 3.8) is 0 Å². The zero-order chi connectivity index (χ0) is 20.3. The predicted molar refractivity (Wildman–Crippen MR) is 120 cm³/mol. The third-order valence-electron chi connectivity index (χ3n) is 6.01. The molecule has 3 aromatic carbocycles. The summed E-state index contributed by atoms with van der Waals surface area (Å²) in [5.41, 5.74) is 4.28. The fourth-order valence-electron chi connectivity index (χ4n) is 4.50. The van der Waals surface area contributed by atoms with E-state index in [0.717, 1.165) is 49.3 Å². The Labute approximate surface area is 176 Å². The van der Waals surface area contributed by atoms with Gasteiger partial charge in [0.25, 0.3) is 5.91 Å². The Balaban J connectivity index is 1.40. The van der Waals surface area contributed by atoms with Gasteiger partial charge < -0.3 is 9.47 Å². The summed E-state index contributed by atoms with van der Waals surface area (Å²) in [5, 5.41) is 0. The molecule has 0 aliphatic carbocycles. The molecule has 4 heteroatoms. The molecule has 1 fully saturated rings. The van der Waals surface area contributed by atoms with Gasteiger partial charge in [-0.1, -0.05) is 60.7 Å². The number of fused-ring (bicyclic) bond motifs is 1. The summed E-state index contributed by atoms with van der Waals surface area (Å²) in [7, 11) is 0. The average Bonchev–Trinajstić information content (AvgIpc) is 3.17. The molecule has 1 saturated heterocycles. The summed E-state index contributed by atoms with van der Waals surface area (Å²) in [6.07, 6.45) is 2.71. The number of imidazole rings is 1. The molecule has 5 rings (SSSR count). The van der Waals surface area contributed by atoms with Gasteiger partial charge in [0.1, 0.15) is 5.82 Å². The Hall–Kier alpha value is -3.40. The quantitative estimate of drug-likeness (QED) is 0.482. The van der Waals surface area contributed by atoms with Crippen LogP contribution in [-0.4, -0.2) is 33.4 Å². The van der Waals surface area contributed by atoms with Crippen LogP contribution in [0.4, 0.5) is 0 Å². The van der Waals surface area contributed by atoms with Crippen molar-refractivity contribution in [2.24, 2.45) is 0 Å². The summed E-state index contributed by atoms with van der Waals surface area (Å²) in [5.74, 6) is 1.24. The second kappa shape index (κ2) is 8.15. The van der Waals surface area contributed by atoms with Crippen LogP contribution in [0.3, 0.4) is 0 Å². The van der Waals surface area contributed by atoms with Crippen molar-refractivity contribution in [1.29, 1.82) is 0 Å². The molecule has 4 nitrogen and oxygen atoms in total. The molecule has 2 heterocycles. The van der Waals surface area contributed by atoms with Crippen LogP contribution in [0.1, 0.15) is 40.6 Å². The highest BCUT2D eigenvalue weighted by Crippen LogP contribution is 2.30. The van der Waals surface area contributed by atoms with Gasteiger partial charge in [0.05, 0.1) is 11.0 Å². The van der Waals surface area contributed by atoms with Crippen molar-refractivity contribution in [2.45, 2.75) is 25.3 Å². The summed E-state index contributed by atoms with van der Waals surface area (Å²) in [6, 6.07) is 28.9. The summed E-state index contributed by atoms with van der Waals surface area (Å²) in [6.45, 7) is 1.55. The van der Waals surface area contributed by atoms with E-state index < -0.39 is 0 Å². The lowest BCUT2D eigenvalue weighted by Gasteiger charge is -2.33. The highest BCUT2D eigenvalue weighted by molar-refractivity contribution is 5.94. The molecule has 0 saturated carbocycles. The van der Waals surface area contributed by atoms with Crippen LogP contribution in [0.5, 0.6) is 0 Å². The first-order chi connectivity index (χ1) is 14.8. The van der Waals surface area contributed by atoms with E-state index in [9.17, 15) is 4.79 Å². The number of carbonyl (C=O) groups is 1. The number of piperidine rings is 1. The lowest BCUT2D eigenvalue weighted by molar-refractivity contribution is 0.0695. The number of aromatic nitrogens is 2. The monoisotopic (exact) mass is 395 g/mol. The van der Waals surface area contributed by atoms with Crippen LogP contribution in [0.25, 0.3) is 11.0 Å². The normalized spacial score (nSPS) is 14.9. The Morgan fingerprint density at radius 3 is 2.20 bits per heavy atom. The largest absolute Gasteiger partial charge is 0.338 e. The molecule has 0 unspecified atom stereocenters. The first kappa shape index (κ1) is 18.6. The van der Waals surface area contributed by atoms with E-state index in [1.807, 2.05) is 47.4 Å². The van der Waals surface area contributed by atoms with Crippen LogP contribution in [0, 0.1) is 0 Å². The lowest BCUT2D eigenvalue weighted by Crippen LogP contribution is -2.39. The van der Waals surface area contributed by atoms with Gasteiger partial charge >= 0.3 is 0 Å². The van der Waals surface area contributed by atoms with Crippen molar-refractivity contribution < 1.29 is 4.79 Å². The van der Waals surface area contributed by atoms with Crippen LogP contribution < -0.4 is 0 Å². The average molecular weight is 396 g/mol. The molecule has 0 bridgehead atoms. The third kappa shape index (κ3) is 3.61. The second-order valence-electron chi connectivity index (χ2n) is 7.94. The van der Waals surface area contributed by atoms with Gasteiger partial charge in [-0.15, -0.1) is 0 Å². The zero-order valence-corrected chi connectivity index (χ0v) is 16.9. The van der Waals surface area contributed by atoms with Gasteiger partial charge in [-0.05, 0) is 42.7 Å². The van der Waals surface area contributed by atoms with Gasteiger partial charge in [0.2, 0.25) is 0 Å². The highest BCUT2D eigenvalue weighted by Gasteiger charge is 2.27. The smallest absolute Gasteiger partial charge is 0.253 e. The second-order valence-corrected chi connectivity index (χ2v) is 7.94. The fraction of sp³-hybridized carbons (Fsp3) is 0.231. The van der Waals surface area contributed by atoms with E-state index in [1.54, 1.807) is 0 Å². The minimum Gasteiger partial charge on any atom is -0.338 e. The zero-order valence-electron chi connectivity index (χ0n) is 16.9.